The summed E-state index contributed by atoms with van der Waals surface area (Å²) in [5.74, 6) is 1.46. The van der Waals surface area contributed by atoms with Gasteiger partial charge in [-0.15, -0.1) is 0 Å². The highest BCUT2D eigenvalue weighted by Gasteiger charge is 2.00. The molecule has 82 valence electrons. The Labute approximate surface area is 101 Å². The Balaban J connectivity index is 2.14. The van der Waals surface area contributed by atoms with Crippen molar-refractivity contribution in [1.29, 1.82) is 0 Å². The van der Waals surface area contributed by atoms with Gasteiger partial charge in [-0.05, 0) is 47.1 Å². The molecule has 0 bridgehead atoms. The minimum atomic E-state index is -1.47. The minimum absolute atomic E-state index is 0.571. The fraction of sp³-hybridized carbons (Fsp3) is 0. The topological polar surface area (TPSA) is 26.3 Å². The van der Waals surface area contributed by atoms with Crippen LogP contribution in [-0.4, -0.2) is 4.21 Å². The van der Waals surface area contributed by atoms with Gasteiger partial charge in [-0.1, -0.05) is 18.2 Å². The SMILES string of the molecule is O=S(Cl)c1ccc(Oc2ccccc2)cc1. The third-order valence-corrected chi connectivity index (χ3v) is 3.17. The molecular weight excluding hydrogens is 244 g/mol. The lowest BCUT2D eigenvalue weighted by molar-refractivity contribution is 0.482. The van der Waals surface area contributed by atoms with Crippen LogP contribution in [0.5, 0.6) is 11.5 Å². The van der Waals surface area contributed by atoms with Gasteiger partial charge in [0.2, 0.25) is 0 Å². The van der Waals surface area contributed by atoms with Gasteiger partial charge in [-0.25, -0.2) is 4.21 Å². The number of para-hydroxylation sites is 1. The standard InChI is InChI=1S/C12H9ClO2S/c13-16(14)12-8-6-11(7-9-12)15-10-4-2-1-3-5-10/h1-9H. The first-order valence-electron chi connectivity index (χ1n) is 4.67. The van der Waals surface area contributed by atoms with E-state index >= 15 is 0 Å². The Kier molecular flexibility index (Phi) is 3.59. The molecule has 0 aliphatic heterocycles. The molecule has 2 aromatic rings. The van der Waals surface area contributed by atoms with Gasteiger partial charge >= 0.3 is 0 Å². The van der Waals surface area contributed by atoms with E-state index < -0.39 is 10.0 Å². The van der Waals surface area contributed by atoms with Gasteiger partial charge in [0.05, 0.1) is 4.90 Å². The molecule has 2 rings (SSSR count). The second-order valence-electron chi connectivity index (χ2n) is 3.11. The molecule has 2 nitrogen and oxygen atoms in total. The molecule has 0 amide bonds. The average Bonchev–Trinajstić information content (AvgIpc) is 2.31. The van der Waals surface area contributed by atoms with Gasteiger partial charge < -0.3 is 4.74 Å². The highest BCUT2D eigenvalue weighted by atomic mass is 35.7. The van der Waals surface area contributed by atoms with Crippen molar-refractivity contribution in [3.05, 3.63) is 54.6 Å². The van der Waals surface area contributed by atoms with Gasteiger partial charge in [0.15, 0.2) is 0 Å². The molecule has 0 saturated heterocycles. The maximum absolute atomic E-state index is 11.0. The summed E-state index contributed by atoms with van der Waals surface area (Å²) in [7, 11) is 3.98. The molecule has 0 aromatic heterocycles. The predicted molar refractivity (Wildman–Crippen MR) is 65.2 cm³/mol. The van der Waals surface area contributed by atoms with Crippen molar-refractivity contribution < 1.29 is 8.95 Å². The molecule has 2 aromatic carbocycles. The molecule has 0 N–H and O–H groups in total. The molecule has 0 radical (unpaired) electrons. The number of halogens is 1. The quantitative estimate of drug-likeness (QED) is 0.778. The monoisotopic (exact) mass is 252 g/mol. The van der Waals surface area contributed by atoms with Gasteiger partial charge in [0.25, 0.3) is 0 Å². The van der Waals surface area contributed by atoms with Gasteiger partial charge in [0, 0.05) is 0 Å². The number of rotatable bonds is 3. The van der Waals surface area contributed by atoms with Gasteiger partial charge in [-0.3, -0.25) is 0 Å². The molecule has 4 heteroatoms. The van der Waals surface area contributed by atoms with Crippen LogP contribution < -0.4 is 4.74 Å². The Bertz CT molecular complexity index is 482. The van der Waals surface area contributed by atoms with Crippen molar-refractivity contribution in [1.82, 2.24) is 0 Å². The smallest absolute Gasteiger partial charge is 0.147 e. The summed E-state index contributed by atoms with van der Waals surface area (Å²) < 4.78 is 16.5. The molecule has 1 atom stereocenters. The third kappa shape index (κ3) is 2.84. The van der Waals surface area contributed by atoms with E-state index in [2.05, 4.69) is 0 Å². The molecule has 0 aliphatic rings. The Morgan fingerprint density at radius 1 is 0.875 bits per heavy atom. The second-order valence-corrected chi connectivity index (χ2v) is 4.87. The molecule has 0 heterocycles. The van der Waals surface area contributed by atoms with Crippen LogP contribution in [0.3, 0.4) is 0 Å². The molecule has 0 spiro atoms. The van der Waals surface area contributed by atoms with Crippen LogP contribution in [0.15, 0.2) is 59.5 Å². The Morgan fingerprint density at radius 3 is 2.00 bits per heavy atom. The van der Waals surface area contributed by atoms with Crippen molar-refractivity contribution in [3.8, 4) is 11.5 Å². The van der Waals surface area contributed by atoms with E-state index in [1.54, 1.807) is 24.3 Å². The maximum Gasteiger partial charge on any atom is 0.147 e. The lowest BCUT2D eigenvalue weighted by Crippen LogP contribution is -1.85. The summed E-state index contributed by atoms with van der Waals surface area (Å²) in [4.78, 5) is 0.571. The molecule has 0 fully saturated rings. The highest BCUT2D eigenvalue weighted by molar-refractivity contribution is 8.08. The van der Waals surface area contributed by atoms with Gasteiger partial charge in [-0.2, -0.15) is 0 Å². The number of hydrogen-bond acceptors (Lipinski definition) is 2. The van der Waals surface area contributed by atoms with E-state index in [0.29, 0.717) is 10.6 Å². The number of hydrogen-bond donors (Lipinski definition) is 0. The van der Waals surface area contributed by atoms with Crippen LogP contribution in [0.2, 0.25) is 0 Å². The van der Waals surface area contributed by atoms with Crippen LogP contribution in [0.4, 0.5) is 0 Å². The minimum Gasteiger partial charge on any atom is -0.457 e. The van der Waals surface area contributed by atoms with Crippen molar-refractivity contribution in [3.63, 3.8) is 0 Å². The Hall–Kier alpha value is -1.32. The summed E-state index contributed by atoms with van der Waals surface area (Å²) in [6.07, 6.45) is 0. The van der Waals surface area contributed by atoms with E-state index in [1.165, 1.54) is 0 Å². The number of benzene rings is 2. The summed E-state index contributed by atoms with van der Waals surface area (Å²) in [5.41, 5.74) is 0. The molecule has 1 unspecified atom stereocenters. The molecular formula is C12H9ClO2S. The van der Waals surface area contributed by atoms with Crippen molar-refractivity contribution in [2.45, 2.75) is 4.90 Å². The van der Waals surface area contributed by atoms with Crippen molar-refractivity contribution >= 4 is 20.7 Å². The highest BCUT2D eigenvalue weighted by Crippen LogP contribution is 2.22. The Morgan fingerprint density at radius 2 is 1.44 bits per heavy atom. The summed E-state index contributed by atoms with van der Waals surface area (Å²) in [6, 6.07) is 16.3. The first kappa shape index (κ1) is 11.2. The predicted octanol–water partition coefficient (Wildman–Crippen LogP) is 3.74. The van der Waals surface area contributed by atoms with E-state index in [4.69, 9.17) is 15.4 Å². The van der Waals surface area contributed by atoms with Crippen LogP contribution in [-0.2, 0) is 10.0 Å². The van der Waals surface area contributed by atoms with Crippen LogP contribution >= 0.6 is 10.7 Å². The number of ether oxygens (including phenoxy) is 1. The normalized spacial score (nSPS) is 12.1. The zero-order valence-electron chi connectivity index (χ0n) is 8.30. The van der Waals surface area contributed by atoms with E-state index in [1.807, 2.05) is 30.3 Å². The molecule has 0 aliphatic carbocycles. The lowest BCUT2D eigenvalue weighted by atomic mass is 10.3. The fourth-order valence-electron chi connectivity index (χ4n) is 1.24. The van der Waals surface area contributed by atoms with E-state index in [0.717, 1.165) is 5.75 Å². The fourth-order valence-corrected chi connectivity index (χ4v) is 1.90. The zero-order chi connectivity index (χ0) is 11.4. The lowest BCUT2D eigenvalue weighted by Gasteiger charge is -2.05. The molecule has 16 heavy (non-hydrogen) atoms. The molecule has 0 saturated carbocycles. The largest absolute Gasteiger partial charge is 0.457 e. The maximum atomic E-state index is 11.0. The zero-order valence-corrected chi connectivity index (χ0v) is 9.87. The second kappa shape index (κ2) is 5.14. The average molecular weight is 253 g/mol. The van der Waals surface area contributed by atoms with Crippen LogP contribution in [0, 0.1) is 0 Å². The summed E-state index contributed by atoms with van der Waals surface area (Å²) >= 11 is 0. The summed E-state index contributed by atoms with van der Waals surface area (Å²) in [6.45, 7) is 0. The first-order valence-corrected chi connectivity index (χ1v) is 6.64. The van der Waals surface area contributed by atoms with Gasteiger partial charge in [0.1, 0.15) is 21.5 Å². The first-order chi connectivity index (χ1) is 7.75. The van der Waals surface area contributed by atoms with Crippen molar-refractivity contribution in [2.24, 2.45) is 0 Å². The van der Waals surface area contributed by atoms with E-state index in [9.17, 15) is 4.21 Å². The summed E-state index contributed by atoms with van der Waals surface area (Å²) in [5, 5.41) is 0. The van der Waals surface area contributed by atoms with Crippen molar-refractivity contribution in [2.75, 3.05) is 0 Å². The van der Waals surface area contributed by atoms with Crippen LogP contribution in [0.1, 0.15) is 0 Å². The van der Waals surface area contributed by atoms with Crippen LogP contribution in [0.25, 0.3) is 0 Å². The van der Waals surface area contributed by atoms with E-state index in [-0.39, 0.29) is 0 Å². The third-order valence-electron chi connectivity index (χ3n) is 1.99.